The number of nitrogens with zero attached hydrogens (tertiary/aromatic N) is 3. The van der Waals surface area contributed by atoms with Crippen molar-refractivity contribution in [2.24, 2.45) is 0 Å². The summed E-state index contributed by atoms with van der Waals surface area (Å²) in [5.74, 6) is 0.313. The maximum absolute atomic E-state index is 12.9. The maximum Gasteiger partial charge on any atom is 0.429 e. The Morgan fingerprint density at radius 2 is 1.69 bits per heavy atom. The molecule has 0 spiro atoms. The highest BCUT2D eigenvalue weighted by Gasteiger charge is 2.27. The number of aromatic nitrogens is 2. The lowest BCUT2D eigenvalue weighted by atomic mass is 9.55. The van der Waals surface area contributed by atoms with Crippen molar-refractivity contribution in [3.05, 3.63) is 76.8 Å². The van der Waals surface area contributed by atoms with Crippen molar-refractivity contribution in [2.45, 2.75) is 13.0 Å². The lowest BCUT2D eigenvalue weighted by molar-refractivity contribution is -0.133. The van der Waals surface area contributed by atoms with Gasteiger partial charge in [0.25, 0.3) is 5.97 Å². The van der Waals surface area contributed by atoms with Crippen molar-refractivity contribution >= 4 is 47.0 Å². The molecular weight excluding hydrogens is 448 g/mol. The minimum Gasteiger partial charge on any atom is -0.526 e. The molecule has 2 heterocycles. The molecule has 1 fully saturated rings. The first-order valence-electron chi connectivity index (χ1n) is 10.6. The van der Waals surface area contributed by atoms with E-state index < -0.39 is 6.92 Å². The van der Waals surface area contributed by atoms with E-state index in [0.717, 1.165) is 50.3 Å². The summed E-state index contributed by atoms with van der Waals surface area (Å²) >= 11 is 12.4. The van der Waals surface area contributed by atoms with Gasteiger partial charge in [0.1, 0.15) is 12.2 Å². The molecule has 4 rings (SSSR count). The van der Waals surface area contributed by atoms with Gasteiger partial charge in [-0.3, -0.25) is 9.69 Å². The van der Waals surface area contributed by atoms with E-state index in [0.29, 0.717) is 15.9 Å². The van der Waals surface area contributed by atoms with Crippen LogP contribution in [0.15, 0.2) is 60.9 Å². The fraction of sp³-hybridized carbons (Fsp3) is 0.304. The average molecular weight is 472 g/mol. The first kappa shape index (κ1) is 22.9. The quantitative estimate of drug-likeness (QED) is 0.472. The largest absolute Gasteiger partial charge is 0.526 e. The number of hydrogen-bond donors (Lipinski definition) is 0. The van der Waals surface area contributed by atoms with Crippen LogP contribution in [0.3, 0.4) is 0 Å². The normalized spacial score (nSPS) is 14.3. The van der Waals surface area contributed by atoms with E-state index in [1.165, 1.54) is 0 Å². The Bertz CT molecular complexity index is 1010. The fourth-order valence-electron chi connectivity index (χ4n) is 3.75. The Labute approximate surface area is 198 Å². The van der Waals surface area contributed by atoms with Gasteiger partial charge in [0.2, 0.25) is 0 Å². The molecule has 0 bridgehead atoms. The minimum atomic E-state index is -0.614. The number of rotatable bonds is 8. The third kappa shape index (κ3) is 6.14. The van der Waals surface area contributed by atoms with Crippen LogP contribution in [-0.2, 0) is 27.2 Å². The van der Waals surface area contributed by atoms with Gasteiger partial charge in [-0.25, -0.2) is 4.98 Å². The molecule has 0 saturated carbocycles. The number of carbonyl (C=O) groups excluding carboxylic acids is 1. The van der Waals surface area contributed by atoms with Crippen molar-refractivity contribution in [1.29, 1.82) is 0 Å². The van der Waals surface area contributed by atoms with Crippen LogP contribution in [0.4, 0.5) is 0 Å². The van der Waals surface area contributed by atoms with Gasteiger partial charge in [-0.05, 0) is 35.2 Å². The first-order valence-corrected chi connectivity index (χ1v) is 11.3. The zero-order valence-corrected chi connectivity index (χ0v) is 19.1. The Balaban J connectivity index is 1.45. The Morgan fingerprint density at radius 3 is 2.31 bits per heavy atom. The Hall–Kier alpha value is -2.32. The highest BCUT2D eigenvalue weighted by molar-refractivity contribution is 6.81. The molecule has 1 aromatic heterocycles. The van der Waals surface area contributed by atoms with Crippen LogP contribution in [0.25, 0.3) is 0 Å². The second-order valence-electron chi connectivity index (χ2n) is 7.65. The average Bonchev–Trinajstić information content (AvgIpc) is 3.23. The molecule has 1 aliphatic heterocycles. The summed E-state index contributed by atoms with van der Waals surface area (Å²) in [6.07, 6.45) is 3.69. The Morgan fingerprint density at radius 1 is 1.03 bits per heavy atom. The molecule has 2 aromatic carbocycles. The van der Waals surface area contributed by atoms with E-state index in [1.807, 2.05) is 35.0 Å². The van der Waals surface area contributed by atoms with E-state index in [4.69, 9.17) is 32.6 Å². The third-order valence-corrected chi connectivity index (χ3v) is 5.89. The van der Waals surface area contributed by atoms with Crippen LogP contribution in [0.5, 0.6) is 0 Å². The predicted molar refractivity (Wildman–Crippen MR) is 127 cm³/mol. The molecule has 9 heteroatoms. The van der Waals surface area contributed by atoms with Gasteiger partial charge in [-0.15, -0.1) is 0 Å². The van der Waals surface area contributed by atoms with Gasteiger partial charge in [0.05, 0.1) is 13.2 Å². The van der Waals surface area contributed by atoms with Crippen LogP contribution in [0, 0.1) is 0 Å². The summed E-state index contributed by atoms with van der Waals surface area (Å²) in [6.45, 7) is 4.40. The van der Waals surface area contributed by atoms with Crippen molar-refractivity contribution < 1.29 is 14.2 Å². The number of hydrogen-bond acceptors (Lipinski definition) is 5. The SMILES string of the molecule is O=C(Cc1nccn1CCN1CCOCC1)OB(c1cccc(Cl)c1)c1cccc(Cl)c1. The number of carbonyl (C=O) groups is 1. The van der Waals surface area contributed by atoms with Gasteiger partial charge >= 0.3 is 6.92 Å². The molecule has 1 saturated heterocycles. The second kappa shape index (κ2) is 11.0. The fourth-order valence-corrected chi connectivity index (χ4v) is 4.15. The van der Waals surface area contributed by atoms with Crippen LogP contribution in [0.1, 0.15) is 5.82 Å². The summed E-state index contributed by atoms with van der Waals surface area (Å²) in [7, 11) is 0. The number of halogens is 2. The molecule has 0 N–H and O–H groups in total. The summed E-state index contributed by atoms with van der Waals surface area (Å²) in [6, 6.07) is 14.6. The number of ether oxygens (including phenoxy) is 1. The molecule has 0 radical (unpaired) electrons. The van der Waals surface area contributed by atoms with Crippen molar-refractivity contribution in [1.82, 2.24) is 14.5 Å². The van der Waals surface area contributed by atoms with E-state index in [9.17, 15) is 4.79 Å². The molecule has 0 amide bonds. The van der Waals surface area contributed by atoms with E-state index in [1.54, 1.807) is 30.5 Å². The lowest BCUT2D eigenvalue weighted by Crippen LogP contribution is -2.46. The van der Waals surface area contributed by atoms with Crippen LogP contribution in [-0.4, -0.2) is 60.2 Å². The molecule has 0 aliphatic carbocycles. The second-order valence-corrected chi connectivity index (χ2v) is 8.52. The van der Waals surface area contributed by atoms with Gasteiger partial charge in [0.15, 0.2) is 0 Å². The summed E-state index contributed by atoms with van der Waals surface area (Å²) in [4.78, 5) is 19.7. The molecule has 32 heavy (non-hydrogen) atoms. The number of morpholine rings is 1. The van der Waals surface area contributed by atoms with Crippen LogP contribution < -0.4 is 10.9 Å². The van der Waals surface area contributed by atoms with Gasteiger partial charge < -0.3 is 14.0 Å². The highest BCUT2D eigenvalue weighted by Crippen LogP contribution is 2.10. The van der Waals surface area contributed by atoms with Gasteiger partial charge in [-0.2, -0.15) is 0 Å². The Kier molecular flexibility index (Phi) is 7.87. The molecule has 1 aliphatic rings. The predicted octanol–water partition coefficient (Wildman–Crippen LogP) is 2.41. The third-order valence-electron chi connectivity index (χ3n) is 5.42. The van der Waals surface area contributed by atoms with Crippen LogP contribution in [0.2, 0.25) is 10.0 Å². The van der Waals surface area contributed by atoms with Crippen molar-refractivity contribution in [2.75, 3.05) is 32.8 Å². The monoisotopic (exact) mass is 471 g/mol. The smallest absolute Gasteiger partial charge is 0.429 e. The maximum atomic E-state index is 12.9. The van der Waals surface area contributed by atoms with Gasteiger partial charge in [0, 0.05) is 48.6 Å². The van der Waals surface area contributed by atoms with E-state index in [2.05, 4.69) is 9.88 Å². The van der Waals surface area contributed by atoms with E-state index >= 15 is 0 Å². The summed E-state index contributed by atoms with van der Waals surface area (Å²) in [5.41, 5.74) is 1.56. The number of benzene rings is 2. The molecule has 0 atom stereocenters. The van der Waals surface area contributed by atoms with Crippen LogP contribution >= 0.6 is 23.2 Å². The molecular formula is C23H24BCl2N3O3. The molecule has 0 unspecified atom stereocenters. The summed E-state index contributed by atoms with van der Waals surface area (Å²) < 4.78 is 13.3. The number of imidazole rings is 1. The summed E-state index contributed by atoms with van der Waals surface area (Å²) in [5, 5.41) is 1.15. The first-order chi connectivity index (χ1) is 15.6. The minimum absolute atomic E-state index is 0.0771. The topological polar surface area (TPSA) is 56.6 Å². The van der Waals surface area contributed by atoms with Crippen molar-refractivity contribution in [3.63, 3.8) is 0 Å². The van der Waals surface area contributed by atoms with Gasteiger partial charge in [-0.1, -0.05) is 47.5 Å². The zero-order chi connectivity index (χ0) is 22.3. The molecule has 3 aromatic rings. The zero-order valence-electron chi connectivity index (χ0n) is 17.6. The highest BCUT2D eigenvalue weighted by atomic mass is 35.5. The molecule has 6 nitrogen and oxygen atoms in total. The molecule has 166 valence electrons. The lowest BCUT2D eigenvalue weighted by Gasteiger charge is -2.26. The standard InChI is InChI=1S/C23H24BCl2N3O3/c25-20-5-1-3-18(15-20)24(19-4-2-6-21(26)16-19)32-23(30)17-22-27-7-8-29(22)10-9-28-11-13-31-14-12-28/h1-8,15-16H,9-14,17H2. The van der Waals surface area contributed by atoms with Crippen molar-refractivity contribution in [3.8, 4) is 0 Å². The van der Waals surface area contributed by atoms with E-state index in [-0.39, 0.29) is 12.4 Å².